The highest BCUT2D eigenvalue weighted by Gasteiger charge is 2.42. The fourth-order valence-corrected chi connectivity index (χ4v) is 2.92. The van der Waals surface area contributed by atoms with Gasteiger partial charge in [0.25, 0.3) is 0 Å². The van der Waals surface area contributed by atoms with E-state index in [1.54, 1.807) is 0 Å². The normalized spacial score (nSPS) is 17.9. The van der Waals surface area contributed by atoms with Gasteiger partial charge in [0.05, 0.1) is 13.0 Å². The van der Waals surface area contributed by atoms with Gasteiger partial charge in [0.15, 0.2) is 0 Å². The second kappa shape index (κ2) is 6.08. The highest BCUT2D eigenvalue weighted by molar-refractivity contribution is 5.76. The van der Waals surface area contributed by atoms with E-state index >= 15 is 0 Å². The Kier molecular flexibility index (Phi) is 4.18. The molecule has 1 aromatic carbocycles. The summed E-state index contributed by atoms with van der Waals surface area (Å²) >= 11 is 0. The predicted octanol–water partition coefficient (Wildman–Crippen LogP) is 3.38. The number of rotatable bonds is 7. The molecular formula is C18H25NO2. The van der Waals surface area contributed by atoms with Gasteiger partial charge in [-0.2, -0.15) is 0 Å². The van der Waals surface area contributed by atoms with E-state index in [2.05, 4.69) is 25.2 Å². The quantitative estimate of drug-likeness (QED) is 0.835. The number of amides is 1. The van der Waals surface area contributed by atoms with Crippen LogP contribution in [0.25, 0.3) is 0 Å². The van der Waals surface area contributed by atoms with Crippen molar-refractivity contribution in [2.75, 3.05) is 6.61 Å². The molecule has 3 heteroatoms. The summed E-state index contributed by atoms with van der Waals surface area (Å²) in [6.07, 6.45) is 5.62. The minimum Gasteiger partial charge on any atom is -0.493 e. The lowest BCUT2D eigenvalue weighted by Gasteiger charge is -2.18. The number of carbonyl (C=O) groups excluding carboxylic acids is 1. The lowest BCUT2D eigenvalue weighted by molar-refractivity contribution is -0.122. The van der Waals surface area contributed by atoms with Gasteiger partial charge < -0.3 is 10.1 Å². The number of nitrogens with one attached hydrogen (secondary N) is 1. The van der Waals surface area contributed by atoms with E-state index in [4.69, 9.17) is 4.74 Å². The van der Waals surface area contributed by atoms with Crippen molar-refractivity contribution in [1.29, 1.82) is 0 Å². The van der Waals surface area contributed by atoms with Crippen LogP contribution in [0.3, 0.4) is 0 Å². The fraction of sp³-hybridized carbons (Fsp3) is 0.611. The molecule has 0 unspecified atom stereocenters. The van der Waals surface area contributed by atoms with Crippen LogP contribution < -0.4 is 10.1 Å². The summed E-state index contributed by atoms with van der Waals surface area (Å²) in [5, 5.41) is 3.23. The minimum absolute atomic E-state index is 0.143. The van der Waals surface area contributed by atoms with E-state index in [-0.39, 0.29) is 5.91 Å². The maximum absolute atomic E-state index is 12.1. The zero-order valence-corrected chi connectivity index (χ0v) is 13.0. The Hall–Kier alpha value is -1.51. The van der Waals surface area contributed by atoms with E-state index in [1.807, 2.05) is 12.1 Å². The van der Waals surface area contributed by atoms with Gasteiger partial charge in [-0.05, 0) is 68.6 Å². The first-order chi connectivity index (χ1) is 10.1. The number of aryl methyl sites for hydroxylation is 1. The number of carbonyl (C=O) groups is 1. The minimum atomic E-state index is 0.143. The molecule has 1 amide bonds. The molecule has 0 aliphatic heterocycles. The second-order valence-corrected chi connectivity index (χ2v) is 6.56. The summed E-state index contributed by atoms with van der Waals surface area (Å²) in [5.74, 6) is 2.54. The van der Waals surface area contributed by atoms with Crippen molar-refractivity contribution in [3.8, 4) is 5.75 Å². The molecule has 0 aromatic heterocycles. The van der Waals surface area contributed by atoms with Crippen LogP contribution in [0.5, 0.6) is 5.75 Å². The van der Waals surface area contributed by atoms with Crippen LogP contribution in [0.2, 0.25) is 0 Å². The molecule has 114 valence electrons. The smallest absolute Gasteiger partial charge is 0.223 e. The summed E-state index contributed by atoms with van der Waals surface area (Å²) in [4.78, 5) is 12.1. The molecule has 3 rings (SSSR count). The van der Waals surface area contributed by atoms with Crippen LogP contribution in [0, 0.1) is 25.7 Å². The highest BCUT2D eigenvalue weighted by Crippen LogP contribution is 2.44. The van der Waals surface area contributed by atoms with E-state index in [9.17, 15) is 4.79 Å². The van der Waals surface area contributed by atoms with E-state index in [1.165, 1.54) is 31.2 Å². The third-order valence-electron chi connectivity index (χ3n) is 4.73. The highest BCUT2D eigenvalue weighted by atomic mass is 16.5. The van der Waals surface area contributed by atoms with Crippen molar-refractivity contribution in [3.05, 3.63) is 29.3 Å². The summed E-state index contributed by atoms with van der Waals surface area (Å²) in [7, 11) is 0. The van der Waals surface area contributed by atoms with Gasteiger partial charge in [0.2, 0.25) is 5.91 Å². The third kappa shape index (κ3) is 3.78. The number of hydrogen-bond acceptors (Lipinski definition) is 2. The molecule has 2 saturated carbocycles. The maximum atomic E-state index is 12.1. The topological polar surface area (TPSA) is 38.3 Å². The number of ether oxygens (including phenoxy) is 1. The maximum Gasteiger partial charge on any atom is 0.223 e. The third-order valence-corrected chi connectivity index (χ3v) is 4.73. The molecule has 2 fully saturated rings. The van der Waals surface area contributed by atoms with E-state index in [0.29, 0.717) is 19.1 Å². The lowest BCUT2D eigenvalue weighted by atomic mass is 10.1. The van der Waals surface area contributed by atoms with Crippen LogP contribution in [0.4, 0.5) is 0 Å². The standard InChI is InChI=1S/C18H25NO2/c1-12-4-3-5-16(13(12)2)21-11-10-17(20)19-18(14-6-7-14)15-8-9-15/h3-5,14-15,18H,6-11H2,1-2H3,(H,19,20). The van der Waals surface area contributed by atoms with Crippen molar-refractivity contribution < 1.29 is 9.53 Å². The molecule has 0 spiro atoms. The summed E-state index contributed by atoms with van der Waals surface area (Å²) in [6, 6.07) is 6.48. The summed E-state index contributed by atoms with van der Waals surface area (Å²) in [5.41, 5.74) is 2.38. The molecule has 0 atom stereocenters. The van der Waals surface area contributed by atoms with Gasteiger partial charge in [-0.15, -0.1) is 0 Å². The van der Waals surface area contributed by atoms with Crippen molar-refractivity contribution in [2.24, 2.45) is 11.8 Å². The molecule has 0 saturated heterocycles. The Balaban J connectivity index is 1.44. The van der Waals surface area contributed by atoms with Gasteiger partial charge >= 0.3 is 0 Å². The monoisotopic (exact) mass is 287 g/mol. The van der Waals surface area contributed by atoms with Crippen molar-refractivity contribution >= 4 is 5.91 Å². The molecule has 0 heterocycles. The van der Waals surface area contributed by atoms with Gasteiger partial charge in [-0.3, -0.25) is 4.79 Å². The van der Waals surface area contributed by atoms with Crippen LogP contribution in [-0.2, 0) is 4.79 Å². The molecule has 1 aromatic rings. The van der Waals surface area contributed by atoms with E-state index < -0.39 is 0 Å². The molecule has 0 bridgehead atoms. The molecule has 0 radical (unpaired) electrons. The Morgan fingerprint density at radius 1 is 1.24 bits per heavy atom. The SMILES string of the molecule is Cc1cccc(OCCC(=O)NC(C2CC2)C2CC2)c1C. The number of hydrogen-bond donors (Lipinski definition) is 1. The molecule has 21 heavy (non-hydrogen) atoms. The van der Waals surface area contributed by atoms with Crippen LogP contribution in [0.15, 0.2) is 18.2 Å². The van der Waals surface area contributed by atoms with Crippen molar-refractivity contribution in [1.82, 2.24) is 5.32 Å². The van der Waals surface area contributed by atoms with Crippen molar-refractivity contribution in [2.45, 2.75) is 52.0 Å². The Labute approximate surface area is 127 Å². The van der Waals surface area contributed by atoms with Crippen molar-refractivity contribution in [3.63, 3.8) is 0 Å². The predicted molar refractivity (Wildman–Crippen MR) is 83.4 cm³/mol. The molecular weight excluding hydrogens is 262 g/mol. The van der Waals surface area contributed by atoms with Gasteiger partial charge in [-0.25, -0.2) is 0 Å². The van der Waals surface area contributed by atoms with Gasteiger partial charge in [0, 0.05) is 6.04 Å². The Morgan fingerprint density at radius 2 is 1.90 bits per heavy atom. The molecule has 1 N–H and O–H groups in total. The zero-order chi connectivity index (χ0) is 14.8. The zero-order valence-electron chi connectivity index (χ0n) is 13.0. The summed E-state index contributed by atoms with van der Waals surface area (Å²) in [6.45, 7) is 4.59. The first kappa shape index (κ1) is 14.4. The fourth-order valence-electron chi connectivity index (χ4n) is 2.92. The number of benzene rings is 1. The van der Waals surface area contributed by atoms with Crippen LogP contribution >= 0.6 is 0 Å². The largest absolute Gasteiger partial charge is 0.493 e. The molecule has 2 aliphatic rings. The molecule has 2 aliphatic carbocycles. The first-order valence-electron chi connectivity index (χ1n) is 8.13. The second-order valence-electron chi connectivity index (χ2n) is 6.56. The lowest BCUT2D eigenvalue weighted by Crippen LogP contribution is -2.38. The van der Waals surface area contributed by atoms with Crippen LogP contribution in [0.1, 0.15) is 43.2 Å². The first-order valence-corrected chi connectivity index (χ1v) is 8.13. The van der Waals surface area contributed by atoms with Crippen LogP contribution in [-0.4, -0.2) is 18.6 Å². The summed E-state index contributed by atoms with van der Waals surface area (Å²) < 4.78 is 5.76. The molecule has 3 nitrogen and oxygen atoms in total. The van der Waals surface area contributed by atoms with E-state index in [0.717, 1.165) is 23.1 Å². The van der Waals surface area contributed by atoms with Gasteiger partial charge in [-0.1, -0.05) is 12.1 Å². The average molecular weight is 287 g/mol. The average Bonchev–Trinajstić information content (AvgIpc) is 3.34. The Morgan fingerprint density at radius 3 is 2.52 bits per heavy atom. The Bertz CT molecular complexity index is 506. The van der Waals surface area contributed by atoms with Gasteiger partial charge in [0.1, 0.15) is 5.75 Å².